The summed E-state index contributed by atoms with van der Waals surface area (Å²) in [5.41, 5.74) is 3.01. The summed E-state index contributed by atoms with van der Waals surface area (Å²) in [5, 5.41) is 4.43. The average Bonchev–Trinajstić information content (AvgIpc) is 3.02. The lowest BCUT2D eigenvalue weighted by atomic mass is 10.1. The highest BCUT2D eigenvalue weighted by atomic mass is 79.9. The van der Waals surface area contributed by atoms with Crippen molar-refractivity contribution in [1.82, 2.24) is 9.78 Å². The fraction of sp³-hybridized carbons (Fsp3) is 0.111. The largest absolute Gasteiger partial charge is 0.461 e. The first-order chi connectivity index (χ1) is 11.2. The molecule has 0 aliphatic heterocycles. The predicted molar refractivity (Wildman–Crippen MR) is 92.7 cm³/mol. The molecule has 5 heteroatoms. The number of nitrogens with zero attached hydrogens (tertiary/aromatic N) is 2. The molecule has 0 bridgehead atoms. The number of benzene rings is 2. The zero-order valence-corrected chi connectivity index (χ0v) is 14.2. The first kappa shape index (κ1) is 15.5. The number of carbonyl (C=O) groups excluding carboxylic acids is 1. The third-order valence-electron chi connectivity index (χ3n) is 3.33. The van der Waals surface area contributed by atoms with Gasteiger partial charge in [-0.05, 0) is 37.3 Å². The van der Waals surface area contributed by atoms with Crippen LogP contribution in [0.15, 0.2) is 65.1 Å². The lowest BCUT2D eigenvalue weighted by molar-refractivity contribution is 0.0519. The minimum absolute atomic E-state index is 0.300. The van der Waals surface area contributed by atoms with E-state index >= 15 is 0 Å². The number of aromatic nitrogens is 2. The van der Waals surface area contributed by atoms with Gasteiger partial charge in [0, 0.05) is 10.0 Å². The van der Waals surface area contributed by atoms with Gasteiger partial charge in [0.1, 0.15) is 0 Å². The zero-order valence-electron chi connectivity index (χ0n) is 12.6. The first-order valence-corrected chi connectivity index (χ1v) is 8.07. The second-order valence-electron chi connectivity index (χ2n) is 4.89. The Kier molecular flexibility index (Phi) is 4.57. The van der Waals surface area contributed by atoms with Crippen molar-refractivity contribution < 1.29 is 9.53 Å². The van der Waals surface area contributed by atoms with Crippen LogP contribution in [0.25, 0.3) is 16.9 Å². The number of halogens is 1. The number of rotatable bonds is 4. The van der Waals surface area contributed by atoms with Gasteiger partial charge in [0.05, 0.1) is 18.0 Å². The maximum absolute atomic E-state index is 12.0. The second-order valence-corrected chi connectivity index (χ2v) is 5.81. The van der Waals surface area contributed by atoms with E-state index in [0.29, 0.717) is 12.3 Å². The van der Waals surface area contributed by atoms with Crippen LogP contribution in [0.2, 0.25) is 0 Å². The van der Waals surface area contributed by atoms with Crippen LogP contribution in [0.4, 0.5) is 0 Å². The molecule has 3 aromatic rings. The van der Waals surface area contributed by atoms with Gasteiger partial charge in [-0.2, -0.15) is 5.10 Å². The fourth-order valence-electron chi connectivity index (χ4n) is 2.28. The highest BCUT2D eigenvalue weighted by Gasteiger charge is 2.17. The summed E-state index contributed by atoms with van der Waals surface area (Å²) in [6.45, 7) is 2.10. The van der Waals surface area contributed by atoms with E-state index in [2.05, 4.69) is 21.0 Å². The molecule has 3 rings (SSSR count). The van der Waals surface area contributed by atoms with Crippen LogP contribution in [0.1, 0.15) is 17.4 Å². The van der Waals surface area contributed by atoms with Gasteiger partial charge in [-0.15, -0.1) is 0 Å². The summed E-state index contributed by atoms with van der Waals surface area (Å²) in [5.74, 6) is -0.416. The molecule has 0 unspecified atom stereocenters. The van der Waals surface area contributed by atoms with Gasteiger partial charge in [0.15, 0.2) is 5.69 Å². The molecule has 1 heterocycles. The third-order valence-corrected chi connectivity index (χ3v) is 3.86. The lowest BCUT2D eigenvalue weighted by Gasteiger charge is -2.07. The van der Waals surface area contributed by atoms with Crippen LogP contribution in [-0.2, 0) is 4.74 Å². The van der Waals surface area contributed by atoms with Crippen molar-refractivity contribution in [2.75, 3.05) is 6.61 Å². The van der Waals surface area contributed by atoms with Crippen LogP contribution >= 0.6 is 15.9 Å². The number of hydrogen-bond acceptors (Lipinski definition) is 3. The zero-order chi connectivity index (χ0) is 16.2. The Morgan fingerprint density at radius 2 is 1.83 bits per heavy atom. The quantitative estimate of drug-likeness (QED) is 0.636. The molecule has 0 saturated carbocycles. The van der Waals surface area contributed by atoms with Gasteiger partial charge in [0.25, 0.3) is 0 Å². The van der Waals surface area contributed by atoms with E-state index < -0.39 is 5.97 Å². The molecule has 0 spiro atoms. The molecule has 0 amide bonds. The fourth-order valence-corrected chi connectivity index (χ4v) is 2.54. The van der Waals surface area contributed by atoms with Crippen LogP contribution in [0.5, 0.6) is 0 Å². The van der Waals surface area contributed by atoms with Crippen molar-refractivity contribution in [3.63, 3.8) is 0 Å². The Labute approximate surface area is 142 Å². The predicted octanol–water partition coefficient (Wildman–Crippen LogP) is 4.48. The molecule has 0 aliphatic carbocycles. The Bertz CT molecular complexity index is 811. The first-order valence-electron chi connectivity index (χ1n) is 7.27. The maximum atomic E-state index is 12.0. The summed E-state index contributed by atoms with van der Waals surface area (Å²) in [6.07, 6.45) is 0. The molecule has 0 N–H and O–H groups in total. The molecule has 2 aromatic carbocycles. The Hall–Kier alpha value is -2.40. The monoisotopic (exact) mass is 370 g/mol. The summed E-state index contributed by atoms with van der Waals surface area (Å²) < 4.78 is 7.81. The van der Waals surface area contributed by atoms with E-state index in [-0.39, 0.29) is 0 Å². The van der Waals surface area contributed by atoms with Crippen molar-refractivity contribution >= 4 is 21.9 Å². The maximum Gasteiger partial charge on any atom is 0.358 e. The number of hydrogen-bond donors (Lipinski definition) is 0. The second kappa shape index (κ2) is 6.79. The van der Waals surface area contributed by atoms with E-state index in [9.17, 15) is 4.79 Å². The van der Waals surface area contributed by atoms with Crippen molar-refractivity contribution in [3.8, 4) is 16.9 Å². The lowest BCUT2D eigenvalue weighted by Crippen LogP contribution is -2.06. The van der Waals surface area contributed by atoms with Gasteiger partial charge < -0.3 is 4.74 Å². The smallest absolute Gasteiger partial charge is 0.358 e. The summed E-state index contributed by atoms with van der Waals surface area (Å²) in [6, 6.07) is 19.4. The minimum Gasteiger partial charge on any atom is -0.461 e. The van der Waals surface area contributed by atoms with Gasteiger partial charge >= 0.3 is 5.97 Å². The van der Waals surface area contributed by atoms with E-state index in [4.69, 9.17) is 4.74 Å². The number of esters is 1. The molecule has 0 aliphatic rings. The Balaban J connectivity index is 2.12. The molecule has 116 valence electrons. The van der Waals surface area contributed by atoms with Crippen molar-refractivity contribution in [2.24, 2.45) is 0 Å². The molecule has 0 atom stereocenters. The molecule has 23 heavy (non-hydrogen) atoms. The van der Waals surface area contributed by atoms with E-state index in [1.165, 1.54) is 0 Å². The minimum atomic E-state index is -0.416. The topological polar surface area (TPSA) is 44.1 Å². The van der Waals surface area contributed by atoms with Gasteiger partial charge in [-0.25, -0.2) is 9.48 Å². The molecule has 0 saturated heterocycles. The molecule has 1 aromatic heterocycles. The van der Waals surface area contributed by atoms with E-state index in [1.54, 1.807) is 17.7 Å². The highest BCUT2D eigenvalue weighted by molar-refractivity contribution is 9.10. The van der Waals surface area contributed by atoms with Crippen molar-refractivity contribution in [2.45, 2.75) is 6.92 Å². The molecular weight excluding hydrogens is 356 g/mol. The van der Waals surface area contributed by atoms with Crippen LogP contribution in [-0.4, -0.2) is 22.4 Å². The molecular formula is C18H15BrN2O2. The third kappa shape index (κ3) is 3.35. The Morgan fingerprint density at radius 1 is 1.13 bits per heavy atom. The standard InChI is InChI=1S/C18H15BrN2O2/c1-2-23-18(22)16-12-17(13-6-4-3-5-7-13)21(20-16)15-10-8-14(19)9-11-15/h3-12H,2H2,1H3. The van der Waals surface area contributed by atoms with Crippen molar-refractivity contribution in [1.29, 1.82) is 0 Å². The summed E-state index contributed by atoms with van der Waals surface area (Å²) >= 11 is 3.43. The highest BCUT2D eigenvalue weighted by Crippen LogP contribution is 2.25. The molecule has 0 fully saturated rings. The Morgan fingerprint density at radius 3 is 2.48 bits per heavy atom. The van der Waals surface area contributed by atoms with Gasteiger partial charge in [-0.3, -0.25) is 0 Å². The van der Waals surface area contributed by atoms with E-state index in [0.717, 1.165) is 21.4 Å². The SMILES string of the molecule is CCOC(=O)c1cc(-c2ccccc2)n(-c2ccc(Br)cc2)n1. The number of carbonyl (C=O) groups is 1. The van der Waals surface area contributed by atoms with Gasteiger partial charge in [0.2, 0.25) is 0 Å². The van der Waals surface area contributed by atoms with Crippen LogP contribution < -0.4 is 0 Å². The summed E-state index contributed by atoms with van der Waals surface area (Å²) in [7, 11) is 0. The molecule has 4 nitrogen and oxygen atoms in total. The van der Waals surface area contributed by atoms with Crippen LogP contribution in [0.3, 0.4) is 0 Å². The normalized spacial score (nSPS) is 10.5. The van der Waals surface area contributed by atoms with Crippen LogP contribution in [0, 0.1) is 0 Å². The van der Waals surface area contributed by atoms with Crippen molar-refractivity contribution in [3.05, 3.63) is 70.8 Å². The average molecular weight is 371 g/mol. The summed E-state index contributed by atoms with van der Waals surface area (Å²) in [4.78, 5) is 12.0. The molecule has 0 radical (unpaired) electrons. The number of ether oxygens (including phenoxy) is 1. The van der Waals surface area contributed by atoms with E-state index in [1.807, 2.05) is 54.6 Å². The van der Waals surface area contributed by atoms with Gasteiger partial charge in [-0.1, -0.05) is 46.3 Å².